The van der Waals surface area contributed by atoms with Crippen LogP contribution in [0.15, 0.2) is 18.2 Å². The monoisotopic (exact) mass is 233 g/mol. The number of benzene rings is 1. The average Bonchev–Trinajstić information content (AvgIpc) is 2.26. The third kappa shape index (κ3) is 4.22. The Morgan fingerprint density at radius 2 is 2.12 bits per heavy atom. The molecule has 0 aliphatic rings. The highest BCUT2D eigenvalue weighted by Gasteiger charge is 2.21. The third-order valence-electron chi connectivity index (χ3n) is 2.62. The molecule has 0 spiro atoms. The Morgan fingerprint density at radius 3 is 2.71 bits per heavy atom. The molecule has 0 atom stereocenters. The zero-order chi connectivity index (χ0) is 12.9. The van der Waals surface area contributed by atoms with Crippen LogP contribution >= 0.6 is 0 Å². The number of hydrogen-bond donors (Lipinski definition) is 0. The number of hydrogen-bond acceptors (Lipinski definition) is 2. The summed E-state index contributed by atoms with van der Waals surface area (Å²) in [6.45, 7) is 7.99. The van der Waals surface area contributed by atoms with Crippen molar-refractivity contribution in [2.75, 3.05) is 6.61 Å². The minimum atomic E-state index is -0.341. The van der Waals surface area contributed by atoms with Gasteiger partial charge in [-0.3, -0.25) is 4.79 Å². The standard InChI is InChI=1S/C15H21O2/c1-5-8-12-9-6-7-10-13(12)17-11-14(16)15(2,3)4/h7,9-10H,5,8,11H2,1-4H3. The molecule has 0 heterocycles. The van der Waals surface area contributed by atoms with Gasteiger partial charge in [-0.1, -0.05) is 40.2 Å². The van der Waals surface area contributed by atoms with Crippen LogP contribution in [0.5, 0.6) is 5.75 Å². The molecular formula is C15H21O2. The number of carbonyl (C=O) groups excluding carboxylic acids is 1. The summed E-state index contributed by atoms with van der Waals surface area (Å²) >= 11 is 0. The molecule has 0 saturated carbocycles. The summed E-state index contributed by atoms with van der Waals surface area (Å²) < 4.78 is 5.61. The minimum Gasteiger partial charge on any atom is -0.486 e. The number of Topliss-reactive ketones (excluding diaryl/α,β-unsaturated/α-hetero) is 1. The van der Waals surface area contributed by atoms with E-state index >= 15 is 0 Å². The van der Waals surface area contributed by atoms with E-state index in [9.17, 15) is 4.79 Å². The van der Waals surface area contributed by atoms with Crippen molar-refractivity contribution in [2.24, 2.45) is 5.41 Å². The molecule has 0 aliphatic heterocycles. The second-order valence-corrected chi connectivity index (χ2v) is 5.25. The molecule has 0 unspecified atom stereocenters. The van der Waals surface area contributed by atoms with E-state index in [2.05, 4.69) is 13.0 Å². The van der Waals surface area contributed by atoms with Gasteiger partial charge in [-0.25, -0.2) is 0 Å². The quantitative estimate of drug-likeness (QED) is 0.778. The lowest BCUT2D eigenvalue weighted by Gasteiger charge is -2.17. The molecule has 2 heteroatoms. The van der Waals surface area contributed by atoms with E-state index in [1.807, 2.05) is 39.0 Å². The molecule has 2 nitrogen and oxygen atoms in total. The van der Waals surface area contributed by atoms with Gasteiger partial charge in [-0.05, 0) is 30.2 Å². The van der Waals surface area contributed by atoms with Crippen molar-refractivity contribution < 1.29 is 9.53 Å². The summed E-state index contributed by atoms with van der Waals surface area (Å²) in [7, 11) is 0. The number of ketones is 1. The Balaban J connectivity index is 2.66. The second-order valence-electron chi connectivity index (χ2n) is 5.25. The van der Waals surface area contributed by atoms with Crippen LogP contribution in [0.3, 0.4) is 0 Å². The van der Waals surface area contributed by atoms with Crippen molar-refractivity contribution in [3.05, 3.63) is 29.8 Å². The third-order valence-corrected chi connectivity index (χ3v) is 2.62. The van der Waals surface area contributed by atoms with Gasteiger partial charge in [0.15, 0.2) is 5.78 Å². The SMILES string of the molecule is CCCc1c[c]ccc1OCC(=O)C(C)(C)C. The van der Waals surface area contributed by atoms with Gasteiger partial charge in [-0.15, -0.1) is 0 Å². The van der Waals surface area contributed by atoms with Gasteiger partial charge in [0.05, 0.1) is 0 Å². The molecule has 1 radical (unpaired) electrons. The van der Waals surface area contributed by atoms with Crippen LogP contribution in [0.4, 0.5) is 0 Å². The van der Waals surface area contributed by atoms with Crippen LogP contribution in [-0.2, 0) is 11.2 Å². The van der Waals surface area contributed by atoms with Crippen LogP contribution in [0.2, 0.25) is 0 Å². The van der Waals surface area contributed by atoms with Crippen molar-refractivity contribution in [2.45, 2.75) is 40.5 Å². The molecule has 1 aromatic rings. The molecular weight excluding hydrogens is 212 g/mol. The van der Waals surface area contributed by atoms with E-state index in [0.717, 1.165) is 24.2 Å². The van der Waals surface area contributed by atoms with Crippen molar-refractivity contribution in [3.63, 3.8) is 0 Å². The predicted octanol–water partition coefficient (Wildman–Crippen LogP) is 3.43. The van der Waals surface area contributed by atoms with Gasteiger partial charge < -0.3 is 4.74 Å². The van der Waals surface area contributed by atoms with Gasteiger partial charge in [0, 0.05) is 5.41 Å². The molecule has 0 bridgehead atoms. The highest BCUT2D eigenvalue weighted by molar-refractivity contribution is 5.85. The summed E-state index contributed by atoms with van der Waals surface area (Å²) in [5, 5.41) is 0. The highest BCUT2D eigenvalue weighted by Crippen LogP contribution is 2.21. The first-order valence-electron chi connectivity index (χ1n) is 6.10. The molecule has 0 amide bonds. The molecule has 0 aliphatic carbocycles. The topological polar surface area (TPSA) is 26.3 Å². The molecule has 0 aromatic heterocycles. The Kier molecular flexibility index (Phi) is 4.73. The zero-order valence-corrected chi connectivity index (χ0v) is 11.2. The van der Waals surface area contributed by atoms with Crippen LogP contribution in [-0.4, -0.2) is 12.4 Å². The van der Waals surface area contributed by atoms with Crippen LogP contribution in [0, 0.1) is 11.5 Å². The molecule has 93 valence electrons. The van der Waals surface area contributed by atoms with Crippen LogP contribution < -0.4 is 4.74 Å². The lowest BCUT2D eigenvalue weighted by molar-refractivity contribution is -0.128. The van der Waals surface area contributed by atoms with Crippen LogP contribution in [0.25, 0.3) is 0 Å². The maximum Gasteiger partial charge on any atom is 0.175 e. The van der Waals surface area contributed by atoms with E-state index in [0.29, 0.717) is 0 Å². The number of carbonyl (C=O) groups is 1. The summed E-state index contributed by atoms with van der Waals surface area (Å²) in [5.41, 5.74) is 0.781. The fraction of sp³-hybridized carbons (Fsp3) is 0.533. The zero-order valence-electron chi connectivity index (χ0n) is 11.2. The number of ether oxygens (including phenoxy) is 1. The van der Waals surface area contributed by atoms with Gasteiger partial charge in [-0.2, -0.15) is 0 Å². The Bertz CT molecular complexity index is 375. The molecule has 0 N–H and O–H groups in total. The van der Waals surface area contributed by atoms with Crippen LogP contribution in [0.1, 0.15) is 39.7 Å². The van der Waals surface area contributed by atoms with Gasteiger partial charge in [0.25, 0.3) is 0 Å². The Morgan fingerprint density at radius 1 is 1.41 bits per heavy atom. The largest absolute Gasteiger partial charge is 0.486 e. The normalized spacial score (nSPS) is 11.3. The number of aryl methyl sites for hydroxylation is 1. The summed E-state index contributed by atoms with van der Waals surface area (Å²) in [5.74, 6) is 0.927. The fourth-order valence-electron chi connectivity index (χ4n) is 1.42. The maximum atomic E-state index is 11.8. The minimum absolute atomic E-state index is 0.118. The van der Waals surface area contributed by atoms with Gasteiger partial charge >= 0.3 is 0 Å². The molecule has 0 saturated heterocycles. The Labute approximate surface area is 104 Å². The van der Waals surface area contributed by atoms with Crippen molar-refractivity contribution >= 4 is 5.78 Å². The Hall–Kier alpha value is -1.31. The molecule has 17 heavy (non-hydrogen) atoms. The first-order chi connectivity index (χ1) is 7.95. The van der Waals surface area contributed by atoms with Gasteiger partial charge in [0.2, 0.25) is 0 Å². The summed E-state index contributed by atoms with van der Waals surface area (Å²) in [6.07, 6.45) is 2.01. The average molecular weight is 233 g/mol. The van der Waals surface area contributed by atoms with E-state index in [4.69, 9.17) is 4.74 Å². The van der Waals surface area contributed by atoms with E-state index in [1.165, 1.54) is 0 Å². The summed E-state index contributed by atoms with van der Waals surface area (Å²) in [4.78, 5) is 11.8. The molecule has 0 fully saturated rings. The van der Waals surface area contributed by atoms with E-state index in [1.54, 1.807) is 0 Å². The smallest absolute Gasteiger partial charge is 0.175 e. The fourth-order valence-corrected chi connectivity index (χ4v) is 1.42. The first kappa shape index (κ1) is 13.8. The van der Waals surface area contributed by atoms with E-state index < -0.39 is 0 Å². The lowest BCUT2D eigenvalue weighted by atomic mass is 9.91. The first-order valence-corrected chi connectivity index (χ1v) is 6.10. The number of rotatable bonds is 5. The maximum absolute atomic E-state index is 11.8. The lowest BCUT2D eigenvalue weighted by Crippen LogP contribution is -2.26. The predicted molar refractivity (Wildman–Crippen MR) is 69.2 cm³/mol. The second kappa shape index (κ2) is 5.85. The highest BCUT2D eigenvalue weighted by atomic mass is 16.5. The van der Waals surface area contributed by atoms with Crippen molar-refractivity contribution in [1.82, 2.24) is 0 Å². The molecule has 1 aromatic carbocycles. The van der Waals surface area contributed by atoms with Crippen molar-refractivity contribution in [1.29, 1.82) is 0 Å². The summed E-state index contributed by atoms with van der Waals surface area (Å²) in [6, 6.07) is 8.66. The van der Waals surface area contributed by atoms with Crippen molar-refractivity contribution in [3.8, 4) is 5.75 Å². The van der Waals surface area contributed by atoms with Gasteiger partial charge in [0.1, 0.15) is 12.4 Å². The van der Waals surface area contributed by atoms with E-state index in [-0.39, 0.29) is 17.8 Å². The molecule has 1 rings (SSSR count).